The molecule has 1 fully saturated rings. The van der Waals surface area contributed by atoms with E-state index in [4.69, 9.17) is 21.3 Å². The first kappa shape index (κ1) is 24.0. The summed E-state index contributed by atoms with van der Waals surface area (Å²) in [4.78, 5) is 25.9. The van der Waals surface area contributed by atoms with Gasteiger partial charge in [0.05, 0.1) is 30.5 Å². The van der Waals surface area contributed by atoms with Gasteiger partial charge in [-0.05, 0) is 57.4 Å². The lowest BCUT2D eigenvalue weighted by molar-refractivity contribution is 0.0342. The van der Waals surface area contributed by atoms with E-state index in [1.807, 2.05) is 6.07 Å². The molecule has 0 saturated carbocycles. The lowest BCUT2D eigenvalue weighted by atomic mass is 10.1. The molecule has 1 atom stereocenters. The van der Waals surface area contributed by atoms with Crippen LogP contribution in [0.15, 0.2) is 57.9 Å². The molecule has 182 valence electrons. The molecule has 0 radical (unpaired) electrons. The summed E-state index contributed by atoms with van der Waals surface area (Å²) >= 11 is 9.69. The van der Waals surface area contributed by atoms with Gasteiger partial charge in [-0.2, -0.15) is 0 Å². The molecule has 1 aliphatic rings. The van der Waals surface area contributed by atoms with Gasteiger partial charge >= 0.3 is 0 Å². The molecule has 2 aromatic heterocycles. The fourth-order valence-corrected chi connectivity index (χ4v) is 5.05. The Labute approximate surface area is 215 Å². The molecule has 4 aromatic rings. The van der Waals surface area contributed by atoms with Gasteiger partial charge < -0.3 is 25.1 Å². The third-order valence-electron chi connectivity index (χ3n) is 6.03. The second kappa shape index (κ2) is 10.5. The first-order chi connectivity index (χ1) is 17.0. The normalized spacial score (nSPS) is 15.4. The number of anilines is 1. The summed E-state index contributed by atoms with van der Waals surface area (Å²) in [5.74, 6) is 0.450. The number of imidazole rings is 1. The Morgan fingerprint density at radius 3 is 2.86 bits per heavy atom. The maximum Gasteiger partial charge on any atom is 0.261 e. The number of benzene rings is 2. The van der Waals surface area contributed by atoms with E-state index in [0.717, 1.165) is 53.9 Å². The number of nitrogens with zero attached hydrogens (tertiary/aromatic N) is 2. The van der Waals surface area contributed by atoms with Gasteiger partial charge in [0.2, 0.25) is 0 Å². The summed E-state index contributed by atoms with van der Waals surface area (Å²) in [6, 6.07) is 13.0. The van der Waals surface area contributed by atoms with E-state index in [2.05, 4.69) is 48.2 Å². The Bertz CT molecular complexity index is 1400. The van der Waals surface area contributed by atoms with Crippen LogP contribution in [0.1, 0.15) is 17.2 Å². The monoisotopic (exact) mass is 557 g/mol. The highest BCUT2D eigenvalue weighted by molar-refractivity contribution is 9.10. The Hall–Kier alpha value is -2.69. The standard InChI is InChI=1S/C25H25BrClN5O3/c26-18-10-15(14-32-6-8-35-9-7-32)11-20-23(18)31-24(30-20)22-19(4-5-28-25(22)34)29-13-21(33)16-2-1-3-17(27)12-16/h1-5,10-12,21,33H,6-9,13-14H2,(H,30,31)(H2,28,29,34). The average Bonchev–Trinajstić information content (AvgIpc) is 3.27. The van der Waals surface area contributed by atoms with E-state index in [1.54, 1.807) is 30.5 Å². The zero-order valence-corrected chi connectivity index (χ0v) is 21.2. The van der Waals surface area contributed by atoms with Crippen LogP contribution in [0.3, 0.4) is 0 Å². The highest BCUT2D eigenvalue weighted by Gasteiger charge is 2.18. The summed E-state index contributed by atoms with van der Waals surface area (Å²) < 4.78 is 6.30. The van der Waals surface area contributed by atoms with Crippen molar-refractivity contribution < 1.29 is 9.84 Å². The molecular weight excluding hydrogens is 534 g/mol. The van der Waals surface area contributed by atoms with Crippen molar-refractivity contribution >= 4 is 44.3 Å². The van der Waals surface area contributed by atoms with Crippen LogP contribution in [-0.4, -0.2) is 57.8 Å². The van der Waals surface area contributed by atoms with Crippen LogP contribution in [0.5, 0.6) is 0 Å². The van der Waals surface area contributed by atoms with Crippen LogP contribution in [0.4, 0.5) is 5.69 Å². The molecule has 0 bridgehead atoms. The Morgan fingerprint density at radius 2 is 2.06 bits per heavy atom. The molecule has 5 rings (SSSR count). The molecule has 3 heterocycles. The first-order valence-electron chi connectivity index (χ1n) is 11.4. The molecule has 0 amide bonds. The minimum atomic E-state index is -0.798. The van der Waals surface area contributed by atoms with Crippen molar-refractivity contribution in [2.45, 2.75) is 12.6 Å². The molecule has 1 unspecified atom stereocenters. The number of aromatic amines is 2. The fourth-order valence-electron chi connectivity index (χ4n) is 4.26. The van der Waals surface area contributed by atoms with E-state index in [0.29, 0.717) is 27.7 Å². The molecule has 4 N–H and O–H groups in total. The first-order valence-corrected chi connectivity index (χ1v) is 12.5. The number of nitrogens with one attached hydrogen (secondary N) is 3. The number of ether oxygens (including phenoxy) is 1. The Morgan fingerprint density at radius 1 is 1.23 bits per heavy atom. The summed E-state index contributed by atoms with van der Waals surface area (Å²) in [6.07, 6.45) is 0.771. The number of halogens is 2. The zero-order chi connectivity index (χ0) is 24.4. The van der Waals surface area contributed by atoms with E-state index in [1.165, 1.54) is 0 Å². The van der Waals surface area contributed by atoms with Crippen molar-refractivity contribution in [1.29, 1.82) is 0 Å². The average molecular weight is 559 g/mol. The van der Waals surface area contributed by atoms with Crippen molar-refractivity contribution in [3.8, 4) is 11.4 Å². The van der Waals surface area contributed by atoms with Gasteiger partial charge in [-0.25, -0.2) is 4.98 Å². The molecule has 35 heavy (non-hydrogen) atoms. The van der Waals surface area contributed by atoms with Gasteiger partial charge in [0.25, 0.3) is 5.56 Å². The molecule has 1 aliphatic heterocycles. The van der Waals surface area contributed by atoms with E-state index < -0.39 is 6.10 Å². The number of rotatable bonds is 7. The number of H-pyrrole nitrogens is 2. The molecular formula is C25H25BrClN5O3. The molecule has 1 saturated heterocycles. The van der Waals surface area contributed by atoms with Crippen LogP contribution >= 0.6 is 27.5 Å². The quantitative estimate of drug-likeness (QED) is 0.269. The third kappa shape index (κ3) is 5.44. The summed E-state index contributed by atoms with van der Waals surface area (Å²) in [5, 5.41) is 14.4. The fraction of sp³-hybridized carbons (Fsp3) is 0.280. The van der Waals surface area contributed by atoms with Gasteiger partial charge in [0.15, 0.2) is 0 Å². The highest BCUT2D eigenvalue weighted by atomic mass is 79.9. The van der Waals surface area contributed by atoms with Gasteiger partial charge in [-0.15, -0.1) is 0 Å². The molecule has 0 spiro atoms. The van der Waals surface area contributed by atoms with Gasteiger partial charge in [0, 0.05) is 41.9 Å². The van der Waals surface area contributed by atoms with Crippen molar-refractivity contribution in [3.05, 3.63) is 79.6 Å². The van der Waals surface area contributed by atoms with Crippen LogP contribution in [0, 0.1) is 0 Å². The number of pyridine rings is 1. The van der Waals surface area contributed by atoms with E-state index in [9.17, 15) is 9.90 Å². The Kier molecular flexibility index (Phi) is 7.22. The largest absolute Gasteiger partial charge is 0.387 e. The SMILES string of the molecule is O=c1[nH]ccc(NCC(O)c2cccc(Cl)c2)c1-c1nc2c(Br)cc(CN3CCOCC3)cc2[nH]1. The lowest BCUT2D eigenvalue weighted by Crippen LogP contribution is -2.35. The van der Waals surface area contributed by atoms with Crippen LogP contribution in [0.2, 0.25) is 5.02 Å². The Balaban J connectivity index is 1.42. The summed E-state index contributed by atoms with van der Waals surface area (Å²) in [6.45, 7) is 4.31. The maximum atomic E-state index is 12.8. The predicted octanol–water partition coefficient (Wildman–Crippen LogP) is 4.31. The summed E-state index contributed by atoms with van der Waals surface area (Å²) in [5.41, 5.74) is 4.09. The smallest absolute Gasteiger partial charge is 0.261 e. The van der Waals surface area contributed by atoms with Crippen molar-refractivity contribution in [1.82, 2.24) is 19.9 Å². The topological polar surface area (TPSA) is 106 Å². The molecule has 2 aromatic carbocycles. The lowest BCUT2D eigenvalue weighted by Gasteiger charge is -2.26. The summed E-state index contributed by atoms with van der Waals surface area (Å²) in [7, 11) is 0. The zero-order valence-electron chi connectivity index (χ0n) is 18.9. The third-order valence-corrected chi connectivity index (χ3v) is 6.87. The molecule has 0 aliphatic carbocycles. The minimum Gasteiger partial charge on any atom is -0.387 e. The number of aliphatic hydroxyl groups is 1. The number of morpholine rings is 1. The number of aliphatic hydroxyl groups excluding tert-OH is 1. The number of fused-ring (bicyclic) bond motifs is 1. The predicted molar refractivity (Wildman–Crippen MR) is 141 cm³/mol. The van der Waals surface area contributed by atoms with Gasteiger partial charge in [0.1, 0.15) is 16.9 Å². The van der Waals surface area contributed by atoms with Crippen molar-refractivity contribution in [2.75, 3.05) is 38.2 Å². The van der Waals surface area contributed by atoms with Gasteiger partial charge in [-0.1, -0.05) is 23.7 Å². The number of hydrogen-bond donors (Lipinski definition) is 4. The maximum absolute atomic E-state index is 12.8. The second-order valence-electron chi connectivity index (χ2n) is 8.49. The van der Waals surface area contributed by atoms with Crippen molar-refractivity contribution in [3.63, 3.8) is 0 Å². The van der Waals surface area contributed by atoms with E-state index in [-0.39, 0.29) is 12.1 Å². The van der Waals surface area contributed by atoms with Crippen LogP contribution in [0.25, 0.3) is 22.4 Å². The number of hydrogen-bond acceptors (Lipinski definition) is 6. The van der Waals surface area contributed by atoms with Crippen LogP contribution < -0.4 is 10.9 Å². The second-order valence-corrected chi connectivity index (χ2v) is 9.79. The van der Waals surface area contributed by atoms with Gasteiger partial charge in [-0.3, -0.25) is 9.69 Å². The van der Waals surface area contributed by atoms with Crippen molar-refractivity contribution in [2.24, 2.45) is 0 Å². The molecule has 10 heteroatoms. The van der Waals surface area contributed by atoms with E-state index >= 15 is 0 Å². The number of aromatic nitrogens is 3. The van der Waals surface area contributed by atoms with Crippen LogP contribution in [-0.2, 0) is 11.3 Å². The minimum absolute atomic E-state index is 0.199. The highest BCUT2D eigenvalue weighted by Crippen LogP contribution is 2.30. The molecule has 8 nitrogen and oxygen atoms in total.